The molecule has 3 heterocycles. The third-order valence-corrected chi connectivity index (χ3v) is 3.43. The van der Waals surface area contributed by atoms with E-state index >= 15 is 0 Å². The van der Waals surface area contributed by atoms with Crippen LogP contribution in [0.15, 0.2) is 36.9 Å². The lowest BCUT2D eigenvalue weighted by Crippen LogP contribution is -2.13. The molecular formula is C16H14N4O4. The van der Waals surface area contributed by atoms with E-state index in [0.29, 0.717) is 28.8 Å². The highest BCUT2D eigenvalue weighted by molar-refractivity contribution is 5.93. The molecule has 2 N–H and O–H groups in total. The zero-order valence-electron chi connectivity index (χ0n) is 12.8. The van der Waals surface area contributed by atoms with Gasteiger partial charge in [-0.2, -0.15) is 0 Å². The molecule has 0 fully saturated rings. The first-order valence-corrected chi connectivity index (χ1v) is 6.99. The number of nitrogens with zero attached hydrogens (tertiary/aromatic N) is 3. The molecule has 0 aliphatic heterocycles. The second-order valence-electron chi connectivity index (χ2n) is 4.95. The molecule has 3 aromatic heterocycles. The Hall–Kier alpha value is -3.42. The Morgan fingerprint density at radius 1 is 1.38 bits per heavy atom. The zero-order valence-corrected chi connectivity index (χ0v) is 12.8. The van der Waals surface area contributed by atoms with Crippen LogP contribution in [-0.4, -0.2) is 33.7 Å². The molecule has 0 saturated carbocycles. The molecule has 1 amide bonds. The number of primary amides is 1. The Labute approximate surface area is 136 Å². The standard InChI is InChI=1S/C16H14N4O4/c1-23-13-5-11(8-21)16(19-6-13)24-9-12-4-10(14(17)22)7-20-3-2-18-15(12)20/h2-8H,9H2,1H3,(H2,17,22). The second-order valence-corrected chi connectivity index (χ2v) is 4.95. The fraction of sp³-hybridized carbons (Fsp3) is 0.125. The van der Waals surface area contributed by atoms with Crippen molar-refractivity contribution >= 4 is 17.8 Å². The quantitative estimate of drug-likeness (QED) is 0.682. The summed E-state index contributed by atoms with van der Waals surface area (Å²) in [6, 6.07) is 3.13. The van der Waals surface area contributed by atoms with Gasteiger partial charge in [0.25, 0.3) is 0 Å². The lowest BCUT2D eigenvalue weighted by atomic mass is 10.2. The van der Waals surface area contributed by atoms with E-state index in [1.54, 1.807) is 29.1 Å². The monoisotopic (exact) mass is 326 g/mol. The molecule has 0 atom stereocenters. The maximum Gasteiger partial charge on any atom is 0.250 e. The summed E-state index contributed by atoms with van der Waals surface area (Å²) in [5.41, 5.74) is 7.21. The number of hydrogen-bond acceptors (Lipinski definition) is 6. The molecule has 8 heteroatoms. The van der Waals surface area contributed by atoms with Gasteiger partial charge in [0.15, 0.2) is 6.29 Å². The SMILES string of the molecule is COc1cnc(OCc2cc(C(N)=O)cn3ccnc23)c(C=O)c1. The smallest absolute Gasteiger partial charge is 0.250 e. The molecular weight excluding hydrogens is 312 g/mol. The van der Waals surface area contributed by atoms with Crippen molar-refractivity contribution in [3.05, 3.63) is 53.6 Å². The number of ether oxygens (including phenoxy) is 2. The summed E-state index contributed by atoms with van der Waals surface area (Å²) >= 11 is 0. The number of imidazole rings is 1. The molecule has 122 valence electrons. The van der Waals surface area contributed by atoms with Gasteiger partial charge in [0, 0.05) is 24.2 Å². The van der Waals surface area contributed by atoms with Gasteiger partial charge in [-0.25, -0.2) is 9.97 Å². The van der Waals surface area contributed by atoms with Crippen LogP contribution in [-0.2, 0) is 6.61 Å². The summed E-state index contributed by atoms with van der Waals surface area (Å²) in [7, 11) is 1.48. The van der Waals surface area contributed by atoms with Gasteiger partial charge in [-0.15, -0.1) is 0 Å². The molecule has 0 aromatic carbocycles. The van der Waals surface area contributed by atoms with E-state index in [1.165, 1.54) is 19.4 Å². The number of pyridine rings is 2. The Morgan fingerprint density at radius 3 is 2.92 bits per heavy atom. The number of amides is 1. The zero-order chi connectivity index (χ0) is 17.1. The average molecular weight is 326 g/mol. The van der Waals surface area contributed by atoms with Crippen molar-refractivity contribution in [2.75, 3.05) is 7.11 Å². The van der Waals surface area contributed by atoms with Gasteiger partial charge < -0.3 is 19.6 Å². The fourth-order valence-electron chi connectivity index (χ4n) is 2.26. The van der Waals surface area contributed by atoms with E-state index < -0.39 is 5.91 Å². The molecule has 3 aromatic rings. The summed E-state index contributed by atoms with van der Waals surface area (Å²) in [5, 5.41) is 0. The van der Waals surface area contributed by atoms with Gasteiger partial charge in [0.05, 0.1) is 24.4 Å². The first kappa shape index (κ1) is 15.5. The molecule has 3 rings (SSSR count). The van der Waals surface area contributed by atoms with Gasteiger partial charge in [0.2, 0.25) is 11.8 Å². The molecule has 0 spiro atoms. The summed E-state index contributed by atoms with van der Waals surface area (Å²) in [4.78, 5) is 30.9. The van der Waals surface area contributed by atoms with Gasteiger partial charge in [-0.05, 0) is 12.1 Å². The van der Waals surface area contributed by atoms with Crippen molar-refractivity contribution in [2.24, 2.45) is 5.73 Å². The highest BCUT2D eigenvalue weighted by Crippen LogP contribution is 2.21. The van der Waals surface area contributed by atoms with Crippen LogP contribution in [0.3, 0.4) is 0 Å². The number of fused-ring (bicyclic) bond motifs is 1. The van der Waals surface area contributed by atoms with Crippen molar-refractivity contribution in [2.45, 2.75) is 6.61 Å². The van der Waals surface area contributed by atoms with E-state index in [9.17, 15) is 9.59 Å². The van der Waals surface area contributed by atoms with Crippen LogP contribution in [0.25, 0.3) is 5.65 Å². The third kappa shape index (κ3) is 2.89. The first-order valence-electron chi connectivity index (χ1n) is 6.99. The van der Waals surface area contributed by atoms with Crippen molar-refractivity contribution in [1.29, 1.82) is 0 Å². The van der Waals surface area contributed by atoms with Crippen molar-refractivity contribution < 1.29 is 19.1 Å². The van der Waals surface area contributed by atoms with Gasteiger partial charge in [0.1, 0.15) is 18.0 Å². The van der Waals surface area contributed by atoms with Crippen molar-refractivity contribution in [3.8, 4) is 11.6 Å². The van der Waals surface area contributed by atoms with Gasteiger partial charge >= 0.3 is 0 Å². The number of carbonyl (C=O) groups excluding carboxylic acids is 2. The Balaban J connectivity index is 1.92. The van der Waals surface area contributed by atoms with Crippen LogP contribution < -0.4 is 15.2 Å². The lowest BCUT2D eigenvalue weighted by Gasteiger charge is -2.10. The van der Waals surface area contributed by atoms with Crippen LogP contribution in [0.5, 0.6) is 11.6 Å². The minimum Gasteiger partial charge on any atom is -0.495 e. The molecule has 0 bridgehead atoms. The fourth-order valence-corrected chi connectivity index (χ4v) is 2.26. The molecule has 0 aliphatic carbocycles. The Kier molecular flexibility index (Phi) is 4.11. The number of carbonyl (C=O) groups is 2. The minimum atomic E-state index is -0.553. The predicted molar refractivity (Wildman–Crippen MR) is 84.2 cm³/mol. The third-order valence-electron chi connectivity index (χ3n) is 3.43. The summed E-state index contributed by atoms with van der Waals surface area (Å²) in [5.74, 6) is 0.0683. The second kappa shape index (κ2) is 6.37. The maximum atomic E-state index is 11.4. The molecule has 0 unspecified atom stereocenters. The van der Waals surface area contributed by atoms with Gasteiger partial charge in [-0.3, -0.25) is 9.59 Å². The molecule has 0 aliphatic rings. The van der Waals surface area contributed by atoms with E-state index in [1.807, 2.05) is 0 Å². The number of hydrogen-bond donors (Lipinski definition) is 1. The number of nitrogens with two attached hydrogens (primary N) is 1. The normalized spacial score (nSPS) is 10.5. The molecule has 0 saturated heterocycles. The first-order chi connectivity index (χ1) is 11.6. The van der Waals surface area contributed by atoms with Crippen molar-refractivity contribution in [1.82, 2.24) is 14.4 Å². The van der Waals surface area contributed by atoms with Crippen LogP contribution in [0, 0.1) is 0 Å². The van der Waals surface area contributed by atoms with Gasteiger partial charge in [-0.1, -0.05) is 0 Å². The minimum absolute atomic E-state index is 0.0712. The largest absolute Gasteiger partial charge is 0.495 e. The number of rotatable bonds is 6. The van der Waals surface area contributed by atoms with Crippen LogP contribution in [0.2, 0.25) is 0 Å². The summed E-state index contributed by atoms with van der Waals surface area (Å²) in [6.45, 7) is 0.0712. The highest BCUT2D eigenvalue weighted by atomic mass is 16.5. The molecule has 0 radical (unpaired) electrons. The lowest BCUT2D eigenvalue weighted by molar-refractivity contribution is 0.0999. The van der Waals surface area contributed by atoms with Crippen LogP contribution in [0.4, 0.5) is 0 Å². The van der Waals surface area contributed by atoms with E-state index in [-0.39, 0.29) is 18.1 Å². The molecule has 24 heavy (non-hydrogen) atoms. The Bertz CT molecular complexity index is 920. The maximum absolute atomic E-state index is 11.4. The summed E-state index contributed by atoms with van der Waals surface area (Å²) < 4.78 is 12.3. The number of methoxy groups -OCH3 is 1. The number of aldehydes is 1. The predicted octanol–water partition coefficient (Wildman–Crippen LogP) is 1.23. The average Bonchev–Trinajstić information content (AvgIpc) is 3.08. The Morgan fingerprint density at radius 2 is 2.21 bits per heavy atom. The van der Waals surface area contributed by atoms with Crippen LogP contribution in [0.1, 0.15) is 26.3 Å². The highest BCUT2D eigenvalue weighted by Gasteiger charge is 2.12. The van der Waals surface area contributed by atoms with E-state index in [2.05, 4.69) is 9.97 Å². The topological polar surface area (TPSA) is 109 Å². The summed E-state index contributed by atoms with van der Waals surface area (Å²) in [6.07, 6.45) is 6.99. The number of aromatic nitrogens is 3. The van der Waals surface area contributed by atoms with Crippen LogP contribution >= 0.6 is 0 Å². The molecule has 8 nitrogen and oxygen atoms in total. The van der Waals surface area contributed by atoms with Crippen molar-refractivity contribution in [3.63, 3.8) is 0 Å². The van der Waals surface area contributed by atoms with E-state index in [0.717, 1.165) is 0 Å². The van der Waals surface area contributed by atoms with E-state index in [4.69, 9.17) is 15.2 Å².